The van der Waals surface area contributed by atoms with Gasteiger partial charge in [-0.3, -0.25) is 4.79 Å². The van der Waals surface area contributed by atoms with Crippen molar-refractivity contribution in [3.8, 4) is 0 Å². The Morgan fingerprint density at radius 3 is 2.14 bits per heavy atom. The van der Waals surface area contributed by atoms with Gasteiger partial charge in [0.25, 0.3) is 0 Å². The zero-order valence-corrected chi connectivity index (χ0v) is 4.63. The summed E-state index contributed by atoms with van der Waals surface area (Å²) in [6.07, 6.45) is 0.0694. The van der Waals surface area contributed by atoms with Crippen LogP contribution in [0.2, 0.25) is 0 Å². The molecule has 2 nitrogen and oxygen atoms in total. The van der Waals surface area contributed by atoms with Gasteiger partial charge in [0.2, 0.25) is 6.41 Å². The molecule has 0 spiro atoms. The maximum absolute atomic E-state index is 11.6. The summed E-state index contributed by atoms with van der Waals surface area (Å²) in [5, 5.41) is 1.47. The Balaban J connectivity index is 3.34. The summed E-state index contributed by atoms with van der Waals surface area (Å²) in [5.41, 5.74) is 0. The monoisotopic (exact) mass is 145 g/mol. The van der Waals surface area contributed by atoms with Crippen molar-refractivity contribution in [2.24, 2.45) is 0 Å². The van der Waals surface area contributed by atoms with E-state index in [1.54, 1.807) is 0 Å². The first-order chi connectivity index (χ1) is 3.06. The maximum atomic E-state index is 11.6. The number of hydrogen-bond acceptors (Lipinski definition) is 1. The lowest BCUT2D eigenvalue weighted by atomic mass is 11.2. The summed E-state index contributed by atoms with van der Waals surface area (Å²) in [6, 6.07) is 0. The Morgan fingerprint density at radius 1 is 1.71 bits per heavy atom. The minimum absolute atomic E-state index is 0.0694. The van der Waals surface area contributed by atoms with Gasteiger partial charge < -0.3 is 5.32 Å². The number of rotatable bonds is 2. The van der Waals surface area contributed by atoms with Gasteiger partial charge in [0.1, 0.15) is 0 Å². The fourth-order valence-electron chi connectivity index (χ4n) is 0.0668. The van der Waals surface area contributed by atoms with Crippen molar-refractivity contribution in [2.75, 3.05) is 0 Å². The highest BCUT2D eigenvalue weighted by Crippen LogP contribution is 2.16. The van der Waals surface area contributed by atoms with E-state index >= 15 is 0 Å². The third kappa shape index (κ3) is 5.98. The second kappa shape index (κ2) is 2.33. The van der Waals surface area contributed by atoms with Crippen LogP contribution in [-0.2, 0) is 4.79 Å². The highest BCUT2D eigenvalue weighted by molar-refractivity contribution is 6.47. The fourth-order valence-corrected chi connectivity index (χ4v) is 0.156. The number of carbonyl (C=O) groups is 1. The van der Waals surface area contributed by atoms with Gasteiger partial charge in [-0.05, 0) is 23.2 Å². The van der Waals surface area contributed by atoms with Crippen molar-refractivity contribution in [3.63, 3.8) is 0 Å². The molecular weight excluding hydrogens is 144 g/mol. The normalized spacial score (nSPS) is 10.7. The molecule has 0 unspecified atom stereocenters. The molecule has 0 bridgehead atoms. The summed E-state index contributed by atoms with van der Waals surface area (Å²) < 4.78 is 8.95. The third-order valence-corrected chi connectivity index (χ3v) is 0.441. The predicted octanol–water partition coefficient (Wildman–Crippen LogP) is 0.791. The molecule has 0 saturated carbocycles. The Labute approximate surface area is 49.6 Å². The summed E-state index contributed by atoms with van der Waals surface area (Å²) in [4.78, 5) is 9.30. The summed E-state index contributed by atoms with van der Waals surface area (Å²) in [5.74, 6) is 0. The van der Waals surface area contributed by atoms with Crippen LogP contribution in [-0.4, -0.2) is 11.1 Å². The molecule has 0 saturated heterocycles. The van der Waals surface area contributed by atoms with Crippen LogP contribution in [0.4, 0.5) is 4.39 Å². The highest BCUT2D eigenvalue weighted by Gasteiger charge is 2.18. The number of halogens is 3. The van der Waals surface area contributed by atoms with Crippen molar-refractivity contribution >= 4 is 29.6 Å². The van der Waals surface area contributed by atoms with Crippen molar-refractivity contribution in [1.82, 2.24) is 5.32 Å². The van der Waals surface area contributed by atoms with Crippen LogP contribution >= 0.6 is 23.2 Å². The zero-order chi connectivity index (χ0) is 5.91. The second-order valence-corrected chi connectivity index (χ2v) is 2.00. The van der Waals surface area contributed by atoms with E-state index in [9.17, 15) is 9.18 Å². The molecule has 0 aliphatic carbocycles. The van der Waals surface area contributed by atoms with E-state index in [0.29, 0.717) is 0 Å². The molecule has 0 aromatic heterocycles. The fraction of sp³-hybridized carbons (Fsp3) is 0.500. The van der Waals surface area contributed by atoms with E-state index in [4.69, 9.17) is 0 Å². The zero-order valence-electron chi connectivity index (χ0n) is 3.12. The summed E-state index contributed by atoms with van der Waals surface area (Å²) in [7, 11) is 0. The summed E-state index contributed by atoms with van der Waals surface area (Å²) in [6.45, 7) is 0. The molecule has 1 N–H and O–H groups in total. The Bertz CT molecular complexity index is 70.6. The lowest BCUT2D eigenvalue weighted by Crippen LogP contribution is -2.27. The van der Waals surface area contributed by atoms with Gasteiger partial charge in [0.05, 0.1) is 0 Å². The first-order valence-corrected chi connectivity index (χ1v) is 2.10. The SMILES string of the molecule is O=CNC(F)(Cl)Cl. The van der Waals surface area contributed by atoms with Gasteiger partial charge in [-0.2, -0.15) is 4.39 Å². The molecule has 5 heteroatoms. The molecule has 42 valence electrons. The topological polar surface area (TPSA) is 29.1 Å². The highest BCUT2D eigenvalue weighted by atomic mass is 35.5. The van der Waals surface area contributed by atoms with Gasteiger partial charge in [0, 0.05) is 0 Å². The van der Waals surface area contributed by atoms with Crippen LogP contribution in [0, 0.1) is 0 Å². The Hall–Kier alpha value is -0.0200. The molecule has 0 aliphatic rings. The molecule has 0 heterocycles. The van der Waals surface area contributed by atoms with Crippen molar-refractivity contribution in [2.45, 2.75) is 4.71 Å². The van der Waals surface area contributed by atoms with Crippen LogP contribution in [0.5, 0.6) is 0 Å². The van der Waals surface area contributed by atoms with E-state index in [1.165, 1.54) is 5.32 Å². The third-order valence-electron chi connectivity index (χ3n) is 0.223. The summed E-state index contributed by atoms with van der Waals surface area (Å²) >= 11 is 9.18. The standard InChI is InChI=1S/C2H2Cl2FNO/c3-2(4,5)6-1-7/h1H,(H,6,7). The quantitative estimate of drug-likeness (QED) is 0.348. The molecule has 0 radical (unpaired) electrons. The van der Waals surface area contributed by atoms with Crippen LogP contribution in [0.1, 0.15) is 0 Å². The van der Waals surface area contributed by atoms with Gasteiger partial charge in [-0.15, -0.1) is 0 Å². The van der Waals surface area contributed by atoms with E-state index in [1.807, 2.05) is 0 Å². The van der Waals surface area contributed by atoms with Crippen molar-refractivity contribution < 1.29 is 9.18 Å². The average Bonchev–Trinajstić information content (AvgIpc) is 1.30. The number of carbonyl (C=O) groups excluding carboxylic acids is 1. The molecule has 0 aromatic rings. The van der Waals surface area contributed by atoms with Gasteiger partial charge in [-0.25, -0.2) is 0 Å². The maximum Gasteiger partial charge on any atom is 0.336 e. The molecule has 0 atom stereocenters. The molecule has 1 amide bonds. The van der Waals surface area contributed by atoms with Crippen LogP contribution in [0.3, 0.4) is 0 Å². The van der Waals surface area contributed by atoms with Crippen LogP contribution in [0.25, 0.3) is 0 Å². The first kappa shape index (κ1) is 6.98. The van der Waals surface area contributed by atoms with E-state index < -0.39 is 4.71 Å². The number of nitrogens with one attached hydrogen (secondary N) is 1. The van der Waals surface area contributed by atoms with Crippen LogP contribution < -0.4 is 5.32 Å². The smallest absolute Gasteiger partial charge is 0.301 e. The Morgan fingerprint density at radius 2 is 2.14 bits per heavy atom. The van der Waals surface area contributed by atoms with Crippen molar-refractivity contribution in [3.05, 3.63) is 0 Å². The first-order valence-electron chi connectivity index (χ1n) is 1.34. The number of alkyl halides is 3. The van der Waals surface area contributed by atoms with Gasteiger partial charge >= 0.3 is 4.71 Å². The van der Waals surface area contributed by atoms with Crippen molar-refractivity contribution in [1.29, 1.82) is 0 Å². The molecule has 0 aromatic carbocycles. The average molecular weight is 146 g/mol. The minimum Gasteiger partial charge on any atom is -0.301 e. The molecular formula is C2H2Cl2FNO. The van der Waals surface area contributed by atoms with Gasteiger partial charge in [0.15, 0.2) is 0 Å². The number of hydrogen-bond donors (Lipinski definition) is 1. The lowest BCUT2D eigenvalue weighted by molar-refractivity contribution is -0.110. The second-order valence-electron chi connectivity index (χ2n) is 0.760. The molecule has 0 rings (SSSR count). The number of amides is 1. The van der Waals surface area contributed by atoms with Crippen LogP contribution in [0.15, 0.2) is 0 Å². The minimum atomic E-state index is -2.62. The largest absolute Gasteiger partial charge is 0.336 e. The van der Waals surface area contributed by atoms with E-state index in [2.05, 4.69) is 23.2 Å². The predicted molar refractivity (Wildman–Crippen MR) is 24.7 cm³/mol. The molecule has 0 fully saturated rings. The van der Waals surface area contributed by atoms with E-state index in [-0.39, 0.29) is 6.41 Å². The molecule has 0 aliphatic heterocycles. The van der Waals surface area contributed by atoms with E-state index in [0.717, 1.165) is 0 Å². The Kier molecular flexibility index (Phi) is 2.32. The molecule has 7 heavy (non-hydrogen) atoms. The lowest BCUT2D eigenvalue weighted by Gasteiger charge is -2.03. The van der Waals surface area contributed by atoms with Gasteiger partial charge in [-0.1, -0.05) is 0 Å².